The highest BCUT2D eigenvalue weighted by Crippen LogP contribution is 2.46. The maximum Gasteiger partial charge on any atom is 0.225 e. The minimum absolute atomic E-state index is 0.0814. The SMILES string of the molecule is CCC1(C(N)=O)CCCCC1N1CCCCC1c1ccccc1. The predicted octanol–water partition coefficient (Wildman–Crippen LogP) is 4.04. The number of likely N-dealkylation sites (tertiary alicyclic amines) is 1. The Hall–Kier alpha value is -1.35. The summed E-state index contributed by atoms with van der Waals surface area (Å²) in [6, 6.07) is 11.6. The van der Waals surface area contributed by atoms with Gasteiger partial charge < -0.3 is 5.73 Å². The number of carbonyl (C=O) groups is 1. The number of piperidine rings is 1. The number of hydrogen-bond acceptors (Lipinski definition) is 2. The first-order chi connectivity index (χ1) is 11.2. The molecule has 1 aromatic carbocycles. The molecule has 3 rings (SSSR count). The van der Waals surface area contributed by atoms with Crippen LogP contribution in [0.25, 0.3) is 0 Å². The van der Waals surface area contributed by atoms with Gasteiger partial charge in [0.1, 0.15) is 0 Å². The summed E-state index contributed by atoms with van der Waals surface area (Å²) in [7, 11) is 0. The third kappa shape index (κ3) is 3.03. The van der Waals surface area contributed by atoms with Gasteiger partial charge in [-0.3, -0.25) is 9.69 Å². The van der Waals surface area contributed by atoms with E-state index < -0.39 is 0 Å². The van der Waals surface area contributed by atoms with Crippen LogP contribution in [0.3, 0.4) is 0 Å². The van der Waals surface area contributed by atoms with E-state index in [1.807, 2.05) is 0 Å². The van der Waals surface area contributed by atoms with Crippen molar-refractivity contribution >= 4 is 5.91 Å². The first-order valence-electron chi connectivity index (χ1n) is 9.29. The van der Waals surface area contributed by atoms with Crippen LogP contribution in [0.2, 0.25) is 0 Å². The van der Waals surface area contributed by atoms with Gasteiger partial charge in [-0.05, 0) is 44.2 Å². The Kier molecular flexibility index (Phi) is 5.05. The molecule has 23 heavy (non-hydrogen) atoms. The topological polar surface area (TPSA) is 46.3 Å². The Morgan fingerprint density at radius 2 is 1.91 bits per heavy atom. The van der Waals surface area contributed by atoms with Gasteiger partial charge in [-0.2, -0.15) is 0 Å². The number of rotatable bonds is 4. The van der Waals surface area contributed by atoms with Gasteiger partial charge >= 0.3 is 0 Å². The van der Waals surface area contributed by atoms with Crippen LogP contribution < -0.4 is 5.73 Å². The minimum atomic E-state index is -0.331. The molecule has 0 spiro atoms. The highest BCUT2D eigenvalue weighted by molar-refractivity contribution is 5.81. The molecule has 1 heterocycles. The molecular formula is C20H30N2O. The number of amides is 1. The lowest BCUT2D eigenvalue weighted by atomic mass is 9.66. The third-order valence-corrected chi connectivity index (χ3v) is 6.24. The van der Waals surface area contributed by atoms with E-state index >= 15 is 0 Å². The van der Waals surface area contributed by atoms with Crippen molar-refractivity contribution in [1.29, 1.82) is 0 Å². The van der Waals surface area contributed by atoms with E-state index in [1.54, 1.807) is 0 Å². The molecule has 2 N–H and O–H groups in total. The zero-order chi connectivity index (χ0) is 16.3. The van der Waals surface area contributed by atoms with Gasteiger partial charge in [-0.1, -0.05) is 56.5 Å². The lowest BCUT2D eigenvalue weighted by Crippen LogP contribution is -2.57. The zero-order valence-electron chi connectivity index (χ0n) is 14.3. The van der Waals surface area contributed by atoms with E-state index in [0.717, 1.165) is 32.2 Å². The second-order valence-electron chi connectivity index (χ2n) is 7.30. The Labute approximate surface area is 140 Å². The molecule has 0 bridgehead atoms. The first-order valence-corrected chi connectivity index (χ1v) is 9.29. The zero-order valence-corrected chi connectivity index (χ0v) is 14.3. The Morgan fingerprint density at radius 3 is 2.61 bits per heavy atom. The van der Waals surface area contributed by atoms with E-state index in [4.69, 9.17) is 5.73 Å². The number of benzene rings is 1. The highest BCUT2D eigenvalue weighted by Gasteiger charge is 2.48. The molecular weight excluding hydrogens is 284 g/mol. The fourth-order valence-electron chi connectivity index (χ4n) is 4.94. The number of carbonyl (C=O) groups excluding carboxylic acids is 1. The number of nitrogens with zero attached hydrogens (tertiary/aromatic N) is 1. The van der Waals surface area contributed by atoms with Crippen molar-refractivity contribution in [2.24, 2.45) is 11.1 Å². The average Bonchev–Trinajstić information content (AvgIpc) is 2.62. The van der Waals surface area contributed by atoms with Gasteiger partial charge in [0.05, 0.1) is 5.41 Å². The molecule has 126 valence electrons. The molecule has 0 radical (unpaired) electrons. The Balaban J connectivity index is 1.93. The molecule has 3 heteroatoms. The standard InChI is InChI=1S/C20H30N2O/c1-2-20(19(21)23)14-8-6-13-18(20)22-15-9-7-12-17(22)16-10-4-3-5-11-16/h3-5,10-11,17-18H,2,6-9,12-15H2,1H3,(H2,21,23). The van der Waals surface area contributed by atoms with Crippen molar-refractivity contribution < 1.29 is 4.79 Å². The molecule has 3 nitrogen and oxygen atoms in total. The fourth-order valence-corrected chi connectivity index (χ4v) is 4.94. The second-order valence-corrected chi connectivity index (χ2v) is 7.30. The summed E-state index contributed by atoms with van der Waals surface area (Å²) < 4.78 is 0. The number of primary amides is 1. The van der Waals surface area contributed by atoms with Crippen molar-refractivity contribution in [3.05, 3.63) is 35.9 Å². The largest absolute Gasteiger partial charge is 0.369 e. The molecule has 1 aliphatic heterocycles. The molecule has 1 amide bonds. The van der Waals surface area contributed by atoms with Gasteiger partial charge in [-0.15, -0.1) is 0 Å². The van der Waals surface area contributed by atoms with E-state index in [-0.39, 0.29) is 11.3 Å². The van der Waals surface area contributed by atoms with Gasteiger partial charge in [0.2, 0.25) is 5.91 Å². The van der Waals surface area contributed by atoms with Crippen LogP contribution in [0.4, 0.5) is 0 Å². The normalized spacial score (nSPS) is 32.6. The number of nitrogens with two attached hydrogens (primary N) is 1. The van der Waals surface area contributed by atoms with E-state index in [0.29, 0.717) is 12.1 Å². The van der Waals surface area contributed by atoms with Crippen LogP contribution in [-0.2, 0) is 4.79 Å². The van der Waals surface area contributed by atoms with Crippen molar-refractivity contribution in [1.82, 2.24) is 4.90 Å². The van der Waals surface area contributed by atoms with Crippen LogP contribution in [0.15, 0.2) is 30.3 Å². The molecule has 2 fully saturated rings. The molecule has 1 saturated carbocycles. The van der Waals surface area contributed by atoms with Gasteiger partial charge in [-0.25, -0.2) is 0 Å². The summed E-state index contributed by atoms with van der Waals surface area (Å²) in [5, 5.41) is 0. The highest BCUT2D eigenvalue weighted by atomic mass is 16.1. The molecule has 0 aromatic heterocycles. The molecule has 1 saturated heterocycles. The predicted molar refractivity (Wildman–Crippen MR) is 93.9 cm³/mol. The third-order valence-electron chi connectivity index (χ3n) is 6.24. The summed E-state index contributed by atoms with van der Waals surface area (Å²) in [6.45, 7) is 3.24. The second kappa shape index (κ2) is 7.04. The molecule has 3 unspecified atom stereocenters. The summed E-state index contributed by atoms with van der Waals surface area (Å²) >= 11 is 0. The lowest BCUT2D eigenvalue weighted by Gasteiger charge is -2.51. The van der Waals surface area contributed by atoms with Gasteiger partial charge in [0, 0.05) is 12.1 Å². The van der Waals surface area contributed by atoms with E-state index in [9.17, 15) is 4.79 Å². The molecule has 1 aliphatic carbocycles. The van der Waals surface area contributed by atoms with Crippen LogP contribution in [-0.4, -0.2) is 23.4 Å². The van der Waals surface area contributed by atoms with Crippen LogP contribution >= 0.6 is 0 Å². The first kappa shape index (κ1) is 16.5. The summed E-state index contributed by atoms with van der Waals surface area (Å²) in [5.74, 6) is -0.0814. The van der Waals surface area contributed by atoms with E-state index in [2.05, 4.69) is 42.2 Å². The van der Waals surface area contributed by atoms with Crippen molar-refractivity contribution in [2.45, 2.75) is 70.4 Å². The molecule has 2 aliphatic rings. The summed E-state index contributed by atoms with van der Waals surface area (Å²) in [6.07, 6.45) is 9.00. The average molecular weight is 314 g/mol. The molecule has 3 atom stereocenters. The Bertz CT molecular complexity index is 530. The quantitative estimate of drug-likeness (QED) is 0.911. The lowest BCUT2D eigenvalue weighted by molar-refractivity contribution is -0.137. The summed E-state index contributed by atoms with van der Waals surface area (Å²) in [4.78, 5) is 15.0. The monoisotopic (exact) mass is 314 g/mol. The number of hydrogen-bond donors (Lipinski definition) is 1. The van der Waals surface area contributed by atoms with Gasteiger partial charge in [0.25, 0.3) is 0 Å². The van der Waals surface area contributed by atoms with E-state index in [1.165, 1.54) is 31.2 Å². The maximum atomic E-state index is 12.4. The van der Waals surface area contributed by atoms with Crippen molar-refractivity contribution in [2.75, 3.05) is 6.54 Å². The maximum absolute atomic E-state index is 12.4. The van der Waals surface area contributed by atoms with Gasteiger partial charge in [0.15, 0.2) is 0 Å². The summed E-state index contributed by atoms with van der Waals surface area (Å²) in [5.41, 5.74) is 6.99. The van der Waals surface area contributed by atoms with Crippen molar-refractivity contribution in [3.63, 3.8) is 0 Å². The molecule has 1 aromatic rings. The van der Waals surface area contributed by atoms with Crippen molar-refractivity contribution in [3.8, 4) is 0 Å². The Morgan fingerprint density at radius 1 is 1.17 bits per heavy atom. The van der Waals surface area contributed by atoms with Crippen LogP contribution in [0.1, 0.15) is 69.9 Å². The fraction of sp³-hybridized carbons (Fsp3) is 0.650. The minimum Gasteiger partial charge on any atom is -0.369 e. The van der Waals surface area contributed by atoms with Crippen LogP contribution in [0.5, 0.6) is 0 Å². The smallest absolute Gasteiger partial charge is 0.225 e. The van der Waals surface area contributed by atoms with Crippen LogP contribution in [0, 0.1) is 5.41 Å².